The molecule has 0 spiro atoms. The summed E-state index contributed by atoms with van der Waals surface area (Å²) in [7, 11) is -3.76. The molecular formula is C20H29N6O7S2+. The van der Waals surface area contributed by atoms with E-state index in [9.17, 15) is 33.0 Å². The van der Waals surface area contributed by atoms with Gasteiger partial charge < -0.3 is 31.6 Å². The summed E-state index contributed by atoms with van der Waals surface area (Å²) in [6.07, 6.45) is 2.69. The van der Waals surface area contributed by atoms with Gasteiger partial charge in [-0.05, 0) is 17.7 Å². The Morgan fingerprint density at radius 1 is 1.11 bits per heavy atom. The molecule has 1 aromatic heterocycles. The fourth-order valence-electron chi connectivity index (χ4n) is 3.11. The number of benzene rings is 1. The van der Waals surface area contributed by atoms with Crippen LogP contribution in [0.25, 0.3) is 0 Å². The highest BCUT2D eigenvalue weighted by atomic mass is 32.2. The van der Waals surface area contributed by atoms with Crippen LogP contribution in [-0.2, 0) is 37.2 Å². The number of aromatic hydroxyl groups is 1. The van der Waals surface area contributed by atoms with Gasteiger partial charge in [0.25, 0.3) is 0 Å². The number of sulfonamides is 1. The fraction of sp³-hybridized carbons (Fsp3) is 0.400. The SMILES string of the molecule is NS(=O)(=O)CC[C@H]([NH3+])[C@@H](S)C(=O)N[C@@H](Cc1ccc(O)cc1)C(=O)N[C@@H](Cc1cnc[nH]1)C(=O)O. The van der Waals surface area contributed by atoms with Gasteiger partial charge in [0.05, 0.1) is 12.1 Å². The summed E-state index contributed by atoms with van der Waals surface area (Å²) in [5.41, 5.74) is 4.82. The van der Waals surface area contributed by atoms with Crippen LogP contribution in [0.2, 0.25) is 0 Å². The molecule has 0 unspecified atom stereocenters. The van der Waals surface area contributed by atoms with Gasteiger partial charge in [-0.2, -0.15) is 12.6 Å². The number of phenols is 1. The fourth-order valence-corrected chi connectivity index (χ4v) is 3.97. The number of rotatable bonds is 13. The van der Waals surface area contributed by atoms with Gasteiger partial charge in [0.1, 0.15) is 29.1 Å². The van der Waals surface area contributed by atoms with Crippen LogP contribution in [0, 0.1) is 0 Å². The quantitative estimate of drug-likeness (QED) is 0.129. The molecule has 0 saturated heterocycles. The Morgan fingerprint density at radius 2 is 1.74 bits per heavy atom. The summed E-state index contributed by atoms with van der Waals surface area (Å²) in [4.78, 5) is 44.1. The van der Waals surface area contributed by atoms with Crippen LogP contribution in [0.5, 0.6) is 5.75 Å². The van der Waals surface area contributed by atoms with Crippen LogP contribution in [-0.4, -0.2) is 75.5 Å². The second kappa shape index (κ2) is 12.5. The maximum absolute atomic E-state index is 13.0. The minimum absolute atomic E-state index is 0.00876. The molecule has 0 bridgehead atoms. The minimum atomic E-state index is -3.76. The van der Waals surface area contributed by atoms with Gasteiger partial charge in [0, 0.05) is 31.2 Å². The third-order valence-electron chi connectivity index (χ3n) is 5.09. The van der Waals surface area contributed by atoms with Crippen molar-refractivity contribution >= 4 is 40.4 Å². The smallest absolute Gasteiger partial charge is 0.326 e. The largest absolute Gasteiger partial charge is 0.508 e. The van der Waals surface area contributed by atoms with E-state index >= 15 is 0 Å². The molecule has 0 aliphatic rings. The first-order chi connectivity index (χ1) is 16.4. The molecule has 0 saturated carbocycles. The number of nitrogens with zero attached hydrogens (tertiary/aromatic N) is 1. The summed E-state index contributed by atoms with van der Waals surface area (Å²) in [5.74, 6) is -3.12. The van der Waals surface area contributed by atoms with Crippen LogP contribution < -0.4 is 21.5 Å². The van der Waals surface area contributed by atoms with Crippen molar-refractivity contribution in [2.75, 3.05) is 5.75 Å². The van der Waals surface area contributed by atoms with E-state index in [1.807, 2.05) is 0 Å². The van der Waals surface area contributed by atoms with Crippen molar-refractivity contribution in [2.24, 2.45) is 5.14 Å². The maximum Gasteiger partial charge on any atom is 0.326 e. The number of imidazole rings is 1. The number of carbonyl (C=O) groups is 3. The summed E-state index contributed by atoms with van der Waals surface area (Å²) in [6.45, 7) is 0. The Hall–Kier alpha value is -3.14. The van der Waals surface area contributed by atoms with Crippen LogP contribution >= 0.6 is 12.6 Å². The first kappa shape index (κ1) is 28.1. The topological polar surface area (TPSA) is 232 Å². The first-order valence-corrected chi connectivity index (χ1v) is 12.7. The van der Waals surface area contributed by atoms with Gasteiger partial charge in [-0.25, -0.2) is 23.3 Å². The molecule has 2 aromatic rings. The van der Waals surface area contributed by atoms with Crippen LogP contribution in [0.4, 0.5) is 0 Å². The zero-order valence-electron chi connectivity index (χ0n) is 18.6. The normalized spacial score (nSPS) is 14.9. The molecular weight excluding hydrogens is 500 g/mol. The van der Waals surface area contributed by atoms with Crippen molar-refractivity contribution < 1.29 is 38.7 Å². The molecule has 0 aliphatic carbocycles. The Kier molecular flexibility index (Phi) is 10.1. The summed E-state index contributed by atoms with van der Waals surface area (Å²) in [6, 6.07) is 2.68. The highest BCUT2D eigenvalue weighted by Crippen LogP contribution is 2.13. The third-order valence-corrected chi connectivity index (χ3v) is 6.55. The van der Waals surface area contributed by atoms with Crippen LogP contribution in [0.3, 0.4) is 0 Å². The number of phenolic OH excluding ortho intramolecular Hbond substituents is 1. The van der Waals surface area contributed by atoms with E-state index in [1.165, 1.54) is 24.7 Å². The maximum atomic E-state index is 13.0. The van der Waals surface area contributed by atoms with E-state index in [-0.39, 0.29) is 25.0 Å². The summed E-state index contributed by atoms with van der Waals surface area (Å²) in [5, 5.41) is 27.9. The van der Waals surface area contributed by atoms with Crippen molar-refractivity contribution in [1.29, 1.82) is 0 Å². The number of aliphatic carboxylic acids is 1. The second-order valence-electron chi connectivity index (χ2n) is 7.97. The second-order valence-corrected chi connectivity index (χ2v) is 10.3. The number of carboxylic acids is 1. The summed E-state index contributed by atoms with van der Waals surface area (Å²) >= 11 is 4.21. The lowest BCUT2D eigenvalue weighted by molar-refractivity contribution is -0.416. The zero-order valence-corrected chi connectivity index (χ0v) is 20.3. The molecule has 2 amide bonds. The molecule has 0 fully saturated rings. The highest BCUT2D eigenvalue weighted by molar-refractivity contribution is 7.89. The molecule has 13 nitrogen and oxygen atoms in total. The van der Waals surface area contributed by atoms with E-state index in [4.69, 9.17) is 5.14 Å². The molecule has 4 atom stereocenters. The van der Waals surface area contributed by atoms with Gasteiger partial charge in [-0.3, -0.25) is 9.59 Å². The van der Waals surface area contributed by atoms with Crippen molar-refractivity contribution in [3.8, 4) is 5.75 Å². The van der Waals surface area contributed by atoms with Crippen LogP contribution in [0.15, 0.2) is 36.8 Å². The highest BCUT2D eigenvalue weighted by Gasteiger charge is 2.32. The predicted octanol–water partition coefficient (Wildman–Crippen LogP) is -2.46. The first-order valence-electron chi connectivity index (χ1n) is 10.5. The molecule has 0 radical (unpaired) electrons. The number of primary sulfonamides is 1. The zero-order chi connectivity index (χ0) is 26.2. The molecule has 35 heavy (non-hydrogen) atoms. The standard InChI is InChI=1S/C20H28N6O7S2/c21-14(5-6-35(22,32)33)17(34)19(29)25-15(7-11-1-3-13(27)4-2-11)18(28)26-16(20(30)31)8-12-9-23-10-24-12/h1-4,9-10,14-17,27,34H,5-8,21H2,(H,23,24)(H,25,29)(H,26,28)(H,30,31)(H2,22,32,33)/p+1/t14-,15-,16-,17+/m0/s1. The minimum Gasteiger partial charge on any atom is -0.508 e. The molecule has 2 rings (SSSR count). The number of aromatic amines is 1. The van der Waals surface area contributed by atoms with E-state index < -0.39 is 56.9 Å². The third kappa shape index (κ3) is 9.56. The number of carbonyl (C=O) groups excluding carboxylic acids is 2. The number of nitrogens with one attached hydrogen (secondary N) is 3. The van der Waals surface area contributed by atoms with Crippen molar-refractivity contribution in [2.45, 2.75) is 42.6 Å². The molecule has 0 aliphatic heterocycles. The Labute approximate surface area is 207 Å². The number of thiol groups is 1. The molecule has 15 heteroatoms. The van der Waals surface area contributed by atoms with E-state index in [0.717, 1.165) is 0 Å². The number of quaternary nitrogens is 1. The van der Waals surface area contributed by atoms with Gasteiger partial charge in [0.2, 0.25) is 21.8 Å². The van der Waals surface area contributed by atoms with Crippen molar-refractivity contribution in [3.05, 3.63) is 48.0 Å². The number of nitrogens with two attached hydrogens (primary N) is 1. The van der Waals surface area contributed by atoms with E-state index in [1.54, 1.807) is 12.1 Å². The van der Waals surface area contributed by atoms with Gasteiger partial charge in [0.15, 0.2) is 0 Å². The number of carboxylic acid groups (broad SMARTS) is 1. The van der Waals surface area contributed by atoms with Gasteiger partial charge in [-0.15, -0.1) is 0 Å². The average Bonchev–Trinajstić information content (AvgIpc) is 3.30. The molecule has 1 heterocycles. The lowest BCUT2D eigenvalue weighted by atomic mass is 10.0. The van der Waals surface area contributed by atoms with Gasteiger partial charge >= 0.3 is 5.97 Å². The monoisotopic (exact) mass is 529 g/mol. The molecule has 10 N–H and O–H groups in total. The number of aromatic nitrogens is 2. The molecule has 1 aromatic carbocycles. The lowest BCUT2D eigenvalue weighted by Crippen LogP contribution is -2.68. The Morgan fingerprint density at radius 3 is 2.29 bits per heavy atom. The Bertz CT molecular complexity index is 1110. The number of H-pyrrole nitrogens is 1. The van der Waals surface area contributed by atoms with E-state index in [0.29, 0.717) is 11.3 Å². The average molecular weight is 530 g/mol. The lowest BCUT2D eigenvalue weighted by Gasteiger charge is -2.23. The molecule has 192 valence electrons. The van der Waals surface area contributed by atoms with E-state index in [2.05, 4.69) is 39.0 Å². The predicted molar refractivity (Wildman–Crippen MR) is 128 cm³/mol. The van der Waals surface area contributed by atoms with Gasteiger partial charge in [-0.1, -0.05) is 12.1 Å². The number of amides is 2. The number of hydrogen-bond donors (Lipinski definition) is 8. The van der Waals surface area contributed by atoms with Crippen molar-refractivity contribution in [1.82, 2.24) is 20.6 Å². The Balaban J connectivity index is 2.16. The van der Waals surface area contributed by atoms with Crippen molar-refractivity contribution in [3.63, 3.8) is 0 Å². The summed E-state index contributed by atoms with van der Waals surface area (Å²) < 4.78 is 22.4. The number of hydrogen-bond acceptors (Lipinski definition) is 8. The van der Waals surface area contributed by atoms with Crippen LogP contribution in [0.1, 0.15) is 17.7 Å².